The highest BCUT2D eigenvalue weighted by Crippen LogP contribution is 2.16. The Kier molecular flexibility index (Phi) is 4.18. The Morgan fingerprint density at radius 1 is 1.64 bits per heavy atom. The van der Waals surface area contributed by atoms with Crippen LogP contribution in [-0.2, 0) is 9.53 Å². The summed E-state index contributed by atoms with van der Waals surface area (Å²) >= 11 is 3.22. The van der Waals surface area contributed by atoms with Crippen molar-refractivity contribution in [1.82, 2.24) is 0 Å². The molecular weight excluding hydrogens is 212 g/mol. The maximum absolute atomic E-state index is 10.4. The van der Waals surface area contributed by atoms with Crippen LogP contribution in [-0.4, -0.2) is 23.0 Å². The molecule has 0 aromatic carbocycles. The second-order valence-electron chi connectivity index (χ2n) is 2.11. The van der Waals surface area contributed by atoms with Crippen LogP contribution in [0.15, 0.2) is 11.3 Å². The van der Waals surface area contributed by atoms with Gasteiger partial charge in [0, 0.05) is 0 Å². The minimum atomic E-state index is -0.951. The van der Waals surface area contributed by atoms with Crippen molar-refractivity contribution in [2.24, 2.45) is 0 Å². The van der Waals surface area contributed by atoms with Gasteiger partial charge in [0.25, 0.3) is 0 Å². The first-order valence-electron chi connectivity index (χ1n) is 3.12. The molecule has 4 heteroatoms. The summed E-state index contributed by atoms with van der Waals surface area (Å²) in [6.45, 7) is 3.32. The third-order valence-electron chi connectivity index (χ3n) is 1.27. The van der Waals surface area contributed by atoms with E-state index < -0.39 is 5.97 Å². The number of carbonyl (C=O) groups is 1. The van der Waals surface area contributed by atoms with Crippen LogP contribution >= 0.6 is 15.9 Å². The van der Waals surface area contributed by atoms with Crippen molar-refractivity contribution >= 4 is 21.9 Å². The van der Waals surface area contributed by atoms with Crippen LogP contribution in [0.2, 0.25) is 0 Å². The van der Waals surface area contributed by atoms with Crippen molar-refractivity contribution in [3.63, 3.8) is 0 Å². The molecule has 0 spiro atoms. The molecule has 11 heavy (non-hydrogen) atoms. The fourth-order valence-corrected chi connectivity index (χ4v) is 1.25. The molecule has 0 aliphatic heterocycles. The molecule has 0 aromatic rings. The van der Waals surface area contributed by atoms with Crippen LogP contribution in [0.1, 0.15) is 13.8 Å². The Labute approximate surface area is 74.2 Å². The monoisotopic (exact) mass is 222 g/mol. The lowest BCUT2D eigenvalue weighted by atomic mass is 10.2. The minimum absolute atomic E-state index is 0.0661. The second-order valence-corrected chi connectivity index (χ2v) is 3.49. The van der Waals surface area contributed by atoms with Crippen molar-refractivity contribution in [2.75, 3.05) is 7.11 Å². The summed E-state index contributed by atoms with van der Waals surface area (Å²) in [4.78, 5) is 10.4. The second kappa shape index (κ2) is 4.38. The Bertz CT molecular complexity index is 184. The van der Waals surface area contributed by atoms with Gasteiger partial charge in [-0.25, -0.2) is 4.79 Å². The number of ether oxygens (including phenoxy) is 1. The van der Waals surface area contributed by atoms with E-state index in [4.69, 9.17) is 9.84 Å². The number of methoxy groups -OCH3 is 1. The van der Waals surface area contributed by atoms with Gasteiger partial charge < -0.3 is 9.84 Å². The molecule has 0 bridgehead atoms. The first-order valence-corrected chi connectivity index (χ1v) is 4.04. The number of rotatable bonds is 3. The predicted molar refractivity (Wildman–Crippen MR) is 45.7 cm³/mol. The smallest absolute Gasteiger partial charge is 0.334 e. The lowest BCUT2D eigenvalue weighted by Crippen LogP contribution is -2.08. The summed E-state index contributed by atoms with van der Waals surface area (Å²) in [5.41, 5.74) is 0.233. The van der Waals surface area contributed by atoms with E-state index in [9.17, 15) is 4.79 Å². The molecule has 0 aliphatic rings. The molecule has 0 amide bonds. The zero-order valence-corrected chi connectivity index (χ0v) is 8.31. The molecule has 0 radical (unpaired) electrons. The van der Waals surface area contributed by atoms with Crippen molar-refractivity contribution in [1.29, 1.82) is 0 Å². The average Bonchev–Trinajstić information content (AvgIpc) is 1.88. The SMILES string of the molecule is COC(=C(C)C(=O)O)C(C)Br. The highest BCUT2D eigenvalue weighted by molar-refractivity contribution is 9.09. The summed E-state index contributed by atoms with van der Waals surface area (Å²) in [5.74, 6) is -0.495. The molecule has 64 valence electrons. The van der Waals surface area contributed by atoms with Crippen LogP contribution in [0.3, 0.4) is 0 Å². The number of aliphatic carboxylic acids is 1. The number of halogens is 1. The summed E-state index contributed by atoms with van der Waals surface area (Å²) in [5, 5.41) is 8.57. The number of hydrogen-bond donors (Lipinski definition) is 1. The number of alkyl halides is 1. The van der Waals surface area contributed by atoms with E-state index in [0.29, 0.717) is 5.76 Å². The van der Waals surface area contributed by atoms with E-state index in [2.05, 4.69) is 15.9 Å². The summed E-state index contributed by atoms with van der Waals surface area (Å²) in [7, 11) is 1.46. The van der Waals surface area contributed by atoms with E-state index >= 15 is 0 Å². The van der Waals surface area contributed by atoms with Crippen molar-refractivity contribution in [2.45, 2.75) is 18.7 Å². The minimum Gasteiger partial charge on any atom is -0.499 e. The van der Waals surface area contributed by atoms with Crippen LogP contribution in [0.25, 0.3) is 0 Å². The summed E-state index contributed by atoms with van der Waals surface area (Å²) in [6, 6.07) is 0. The molecule has 0 saturated heterocycles. The Morgan fingerprint density at radius 2 is 2.09 bits per heavy atom. The van der Waals surface area contributed by atoms with E-state index in [0.717, 1.165) is 0 Å². The quantitative estimate of drug-likeness (QED) is 0.450. The van der Waals surface area contributed by atoms with Crippen LogP contribution < -0.4 is 0 Å². The highest BCUT2D eigenvalue weighted by Gasteiger charge is 2.13. The lowest BCUT2D eigenvalue weighted by molar-refractivity contribution is -0.132. The maximum atomic E-state index is 10.4. The fraction of sp³-hybridized carbons (Fsp3) is 0.571. The molecule has 0 rings (SSSR count). The molecule has 1 atom stereocenters. The first kappa shape index (κ1) is 10.5. The zero-order valence-electron chi connectivity index (χ0n) is 6.72. The maximum Gasteiger partial charge on any atom is 0.334 e. The summed E-state index contributed by atoms with van der Waals surface area (Å²) < 4.78 is 4.89. The van der Waals surface area contributed by atoms with Crippen molar-refractivity contribution in [3.8, 4) is 0 Å². The largest absolute Gasteiger partial charge is 0.499 e. The third kappa shape index (κ3) is 2.93. The highest BCUT2D eigenvalue weighted by atomic mass is 79.9. The van der Waals surface area contributed by atoms with E-state index in [1.165, 1.54) is 14.0 Å². The number of carboxylic acids is 1. The molecule has 0 saturated carbocycles. The van der Waals surface area contributed by atoms with E-state index in [1.54, 1.807) is 0 Å². The first-order chi connectivity index (χ1) is 5.00. The predicted octanol–water partition coefficient (Wildman–Crippen LogP) is 1.77. The van der Waals surface area contributed by atoms with Gasteiger partial charge in [-0.05, 0) is 13.8 Å². The molecule has 0 aromatic heterocycles. The Hall–Kier alpha value is -0.510. The van der Waals surface area contributed by atoms with Crippen molar-refractivity contribution < 1.29 is 14.6 Å². The summed E-state index contributed by atoms with van der Waals surface area (Å²) in [6.07, 6.45) is 0. The zero-order chi connectivity index (χ0) is 9.02. The van der Waals surface area contributed by atoms with Gasteiger partial charge in [-0.15, -0.1) is 0 Å². The molecule has 3 nitrogen and oxygen atoms in total. The Balaban J connectivity index is 4.68. The van der Waals surface area contributed by atoms with Gasteiger partial charge in [0.1, 0.15) is 5.76 Å². The fourth-order valence-electron chi connectivity index (χ4n) is 0.719. The van der Waals surface area contributed by atoms with Gasteiger partial charge in [0.05, 0.1) is 17.5 Å². The normalized spacial score (nSPS) is 15.3. The van der Waals surface area contributed by atoms with Crippen LogP contribution in [0.5, 0.6) is 0 Å². The molecule has 1 N–H and O–H groups in total. The van der Waals surface area contributed by atoms with Gasteiger partial charge >= 0.3 is 5.97 Å². The molecular formula is C7H11BrO3. The molecule has 0 aliphatic carbocycles. The van der Waals surface area contributed by atoms with E-state index in [1.807, 2.05) is 6.92 Å². The topological polar surface area (TPSA) is 46.5 Å². The standard InChI is InChI=1S/C7H11BrO3/c1-4(7(9)10)6(11-3)5(2)8/h5H,1-3H3,(H,9,10). The van der Waals surface area contributed by atoms with Crippen molar-refractivity contribution in [3.05, 3.63) is 11.3 Å². The lowest BCUT2D eigenvalue weighted by Gasteiger charge is -2.09. The van der Waals surface area contributed by atoms with E-state index in [-0.39, 0.29) is 10.4 Å². The van der Waals surface area contributed by atoms with Gasteiger partial charge in [0.2, 0.25) is 0 Å². The molecule has 1 unspecified atom stereocenters. The average molecular weight is 223 g/mol. The van der Waals surface area contributed by atoms with Crippen LogP contribution in [0, 0.1) is 0 Å². The van der Waals surface area contributed by atoms with Gasteiger partial charge in [0.15, 0.2) is 0 Å². The van der Waals surface area contributed by atoms with Gasteiger partial charge in [-0.2, -0.15) is 0 Å². The number of hydrogen-bond acceptors (Lipinski definition) is 2. The van der Waals surface area contributed by atoms with Crippen LogP contribution in [0.4, 0.5) is 0 Å². The van der Waals surface area contributed by atoms with Gasteiger partial charge in [-0.1, -0.05) is 15.9 Å². The Morgan fingerprint density at radius 3 is 2.18 bits per heavy atom. The molecule has 0 heterocycles. The molecule has 0 fully saturated rings. The third-order valence-corrected chi connectivity index (χ3v) is 1.69. The number of allylic oxidation sites excluding steroid dienone is 1. The van der Waals surface area contributed by atoms with Gasteiger partial charge in [-0.3, -0.25) is 0 Å². The number of carboxylic acid groups (broad SMARTS) is 1.